The van der Waals surface area contributed by atoms with Crippen molar-refractivity contribution < 1.29 is 17.9 Å². The highest BCUT2D eigenvalue weighted by Gasteiger charge is 2.27. The monoisotopic (exact) mass is 374 g/mol. The van der Waals surface area contributed by atoms with Crippen LogP contribution in [0, 0.1) is 0 Å². The molecular formula is C19H22N2O4S. The van der Waals surface area contributed by atoms with E-state index in [2.05, 4.69) is 0 Å². The average Bonchev–Trinajstić information content (AvgIpc) is 2.84. The third-order valence-corrected chi connectivity index (χ3v) is 6.27. The molecule has 0 atom stereocenters. The predicted octanol–water partition coefficient (Wildman–Crippen LogP) is 2.25. The van der Waals surface area contributed by atoms with Crippen molar-refractivity contribution in [3.05, 3.63) is 59.7 Å². The number of nitrogens with zero attached hydrogens (tertiary/aromatic N) is 2. The molecule has 0 saturated carbocycles. The van der Waals surface area contributed by atoms with Gasteiger partial charge in [0.05, 0.1) is 4.90 Å². The molecule has 0 N–H and O–H groups in total. The van der Waals surface area contributed by atoms with Crippen LogP contribution in [0.25, 0.3) is 0 Å². The lowest BCUT2D eigenvalue weighted by Gasteiger charge is -2.20. The number of ether oxygens (including phenoxy) is 1. The van der Waals surface area contributed by atoms with Crippen LogP contribution in [0.4, 0.5) is 0 Å². The Morgan fingerprint density at radius 2 is 1.92 bits per heavy atom. The smallest absolute Gasteiger partial charge is 0.243 e. The lowest BCUT2D eigenvalue weighted by Crippen LogP contribution is -2.32. The van der Waals surface area contributed by atoms with Crippen LogP contribution in [-0.4, -0.2) is 43.7 Å². The van der Waals surface area contributed by atoms with Gasteiger partial charge in [-0.15, -0.1) is 0 Å². The van der Waals surface area contributed by atoms with Crippen LogP contribution in [0.2, 0.25) is 0 Å². The fraction of sp³-hybridized carbons (Fsp3) is 0.316. The Morgan fingerprint density at radius 3 is 2.62 bits per heavy atom. The van der Waals surface area contributed by atoms with E-state index < -0.39 is 10.0 Å². The van der Waals surface area contributed by atoms with Crippen molar-refractivity contribution in [2.45, 2.75) is 24.9 Å². The van der Waals surface area contributed by atoms with E-state index in [1.165, 1.54) is 11.2 Å². The number of carbonyl (C=O) groups is 1. The van der Waals surface area contributed by atoms with E-state index in [0.29, 0.717) is 18.9 Å². The van der Waals surface area contributed by atoms with Gasteiger partial charge in [0, 0.05) is 39.2 Å². The lowest BCUT2D eigenvalue weighted by molar-refractivity contribution is -0.128. The molecule has 1 aliphatic heterocycles. The zero-order valence-electron chi connectivity index (χ0n) is 14.9. The van der Waals surface area contributed by atoms with Crippen LogP contribution in [-0.2, 0) is 27.9 Å². The molecule has 0 saturated heterocycles. The van der Waals surface area contributed by atoms with Gasteiger partial charge in [0.1, 0.15) is 12.4 Å². The Balaban J connectivity index is 1.88. The number of sulfonamides is 1. The molecule has 0 fully saturated rings. The van der Waals surface area contributed by atoms with Gasteiger partial charge < -0.3 is 9.64 Å². The maximum atomic E-state index is 12.9. The molecule has 6 nitrogen and oxygen atoms in total. The summed E-state index contributed by atoms with van der Waals surface area (Å²) in [4.78, 5) is 13.3. The second-order valence-electron chi connectivity index (χ2n) is 6.32. The number of amides is 1. The van der Waals surface area contributed by atoms with Gasteiger partial charge in [-0.1, -0.05) is 24.3 Å². The molecule has 1 heterocycles. The minimum atomic E-state index is -3.59. The Bertz CT molecular complexity index is 897. The van der Waals surface area contributed by atoms with Gasteiger partial charge in [0.25, 0.3) is 0 Å². The third-order valence-electron chi connectivity index (χ3n) is 4.41. The summed E-state index contributed by atoms with van der Waals surface area (Å²) in [6, 6.07) is 14.1. The van der Waals surface area contributed by atoms with Gasteiger partial charge in [-0.25, -0.2) is 8.42 Å². The van der Waals surface area contributed by atoms with E-state index in [0.717, 1.165) is 11.1 Å². The van der Waals surface area contributed by atoms with E-state index in [4.69, 9.17) is 4.74 Å². The summed E-state index contributed by atoms with van der Waals surface area (Å²) in [5, 5.41) is 0. The van der Waals surface area contributed by atoms with Crippen molar-refractivity contribution in [2.24, 2.45) is 0 Å². The van der Waals surface area contributed by atoms with Crippen molar-refractivity contribution in [3.63, 3.8) is 0 Å². The molecule has 1 amide bonds. The Morgan fingerprint density at radius 1 is 1.19 bits per heavy atom. The molecule has 2 aromatic rings. The lowest BCUT2D eigenvalue weighted by atomic mass is 10.1. The van der Waals surface area contributed by atoms with Crippen molar-refractivity contribution in [3.8, 4) is 5.75 Å². The van der Waals surface area contributed by atoms with Crippen LogP contribution < -0.4 is 4.74 Å². The standard InChI is InChI=1S/C19H22N2O4S/c1-15(22)20(2)13-16-8-9-19-17(12-16)14-21(10-11-25-19)26(23,24)18-6-4-3-5-7-18/h3-9,12H,10-11,13-14H2,1-2H3. The van der Waals surface area contributed by atoms with Crippen molar-refractivity contribution in [1.29, 1.82) is 0 Å². The first-order chi connectivity index (χ1) is 12.4. The molecular weight excluding hydrogens is 352 g/mol. The molecule has 0 bridgehead atoms. The number of hydrogen-bond donors (Lipinski definition) is 0. The summed E-state index contributed by atoms with van der Waals surface area (Å²) in [7, 11) is -1.86. The molecule has 1 aliphatic rings. The van der Waals surface area contributed by atoms with Crippen molar-refractivity contribution in [1.82, 2.24) is 9.21 Å². The molecule has 2 aromatic carbocycles. The Hall–Kier alpha value is -2.38. The topological polar surface area (TPSA) is 66.9 Å². The van der Waals surface area contributed by atoms with E-state index in [1.54, 1.807) is 42.3 Å². The van der Waals surface area contributed by atoms with Crippen molar-refractivity contribution in [2.75, 3.05) is 20.2 Å². The van der Waals surface area contributed by atoms with Crippen LogP contribution in [0.5, 0.6) is 5.75 Å². The number of rotatable bonds is 4. The minimum absolute atomic E-state index is 0.0236. The SMILES string of the molecule is CC(=O)N(C)Cc1ccc2c(c1)CN(S(=O)(=O)c1ccccc1)CCO2. The van der Waals surface area contributed by atoms with Crippen LogP contribution in [0.1, 0.15) is 18.1 Å². The second kappa shape index (κ2) is 7.47. The molecule has 0 aromatic heterocycles. The Labute approximate surface area is 154 Å². The summed E-state index contributed by atoms with van der Waals surface area (Å²) in [5.41, 5.74) is 1.74. The van der Waals surface area contributed by atoms with E-state index in [-0.39, 0.29) is 23.9 Å². The van der Waals surface area contributed by atoms with Gasteiger partial charge in [-0.05, 0) is 29.8 Å². The predicted molar refractivity (Wildman–Crippen MR) is 98.1 cm³/mol. The van der Waals surface area contributed by atoms with Gasteiger partial charge in [-0.2, -0.15) is 4.31 Å². The van der Waals surface area contributed by atoms with Crippen LogP contribution in [0.15, 0.2) is 53.4 Å². The van der Waals surface area contributed by atoms with Gasteiger partial charge in [0.15, 0.2) is 0 Å². The minimum Gasteiger partial charge on any atom is -0.492 e. The fourth-order valence-electron chi connectivity index (χ4n) is 2.85. The summed E-state index contributed by atoms with van der Waals surface area (Å²) >= 11 is 0. The summed E-state index contributed by atoms with van der Waals surface area (Å²) < 4.78 is 33.0. The largest absolute Gasteiger partial charge is 0.492 e. The van der Waals surface area contributed by atoms with E-state index in [1.807, 2.05) is 18.2 Å². The quantitative estimate of drug-likeness (QED) is 0.823. The fourth-order valence-corrected chi connectivity index (χ4v) is 4.28. The molecule has 3 rings (SSSR count). The molecule has 0 unspecified atom stereocenters. The Kier molecular flexibility index (Phi) is 5.29. The zero-order chi connectivity index (χ0) is 18.7. The number of fused-ring (bicyclic) bond motifs is 1. The van der Waals surface area contributed by atoms with Gasteiger partial charge >= 0.3 is 0 Å². The first-order valence-electron chi connectivity index (χ1n) is 8.39. The third kappa shape index (κ3) is 3.89. The second-order valence-corrected chi connectivity index (χ2v) is 8.26. The zero-order valence-corrected chi connectivity index (χ0v) is 15.7. The number of hydrogen-bond acceptors (Lipinski definition) is 4. The first-order valence-corrected chi connectivity index (χ1v) is 9.83. The number of benzene rings is 2. The molecule has 0 radical (unpaired) electrons. The summed E-state index contributed by atoms with van der Waals surface area (Å²) in [6.45, 7) is 2.80. The average molecular weight is 374 g/mol. The van der Waals surface area contributed by atoms with Crippen LogP contribution in [0.3, 0.4) is 0 Å². The highest BCUT2D eigenvalue weighted by molar-refractivity contribution is 7.89. The van der Waals surface area contributed by atoms with Gasteiger partial charge in [-0.3, -0.25) is 4.79 Å². The maximum absolute atomic E-state index is 12.9. The number of carbonyl (C=O) groups excluding carboxylic acids is 1. The molecule has 0 aliphatic carbocycles. The van der Waals surface area contributed by atoms with Crippen LogP contribution >= 0.6 is 0 Å². The highest BCUT2D eigenvalue weighted by Crippen LogP contribution is 2.28. The summed E-state index contributed by atoms with van der Waals surface area (Å²) in [5.74, 6) is 0.662. The van der Waals surface area contributed by atoms with Gasteiger partial charge in [0.2, 0.25) is 15.9 Å². The maximum Gasteiger partial charge on any atom is 0.243 e. The first kappa shape index (κ1) is 18.4. The molecule has 138 valence electrons. The normalized spacial score (nSPS) is 14.8. The molecule has 0 spiro atoms. The van der Waals surface area contributed by atoms with Crippen molar-refractivity contribution >= 4 is 15.9 Å². The highest BCUT2D eigenvalue weighted by atomic mass is 32.2. The van der Waals surface area contributed by atoms with E-state index >= 15 is 0 Å². The summed E-state index contributed by atoms with van der Waals surface area (Å²) in [6.07, 6.45) is 0. The van der Waals surface area contributed by atoms with E-state index in [9.17, 15) is 13.2 Å². The molecule has 26 heavy (non-hydrogen) atoms. The molecule has 7 heteroatoms.